The molecule has 0 spiro atoms. The van der Waals surface area contributed by atoms with Crippen LogP contribution in [0.4, 0.5) is 0 Å². The van der Waals surface area contributed by atoms with Crippen molar-refractivity contribution in [2.45, 2.75) is 0 Å². The highest BCUT2D eigenvalue weighted by Crippen LogP contribution is 2.15. The van der Waals surface area contributed by atoms with Gasteiger partial charge in [-0.25, -0.2) is 4.98 Å². The van der Waals surface area contributed by atoms with Crippen LogP contribution in [0.1, 0.15) is 0 Å². The average molecular weight is 342 g/mol. The minimum absolute atomic E-state index is 0.153. The lowest BCUT2D eigenvalue weighted by Crippen LogP contribution is -2.10. The molecule has 1 N–H and O–H groups in total. The Kier molecular flexibility index (Phi) is 9.11. The number of nitrogens with zero attached hydrogens (tertiary/aromatic N) is 1. The standard InChI is InChI=1S/C13H16N2O4.C2H6OS/c1-17-4-5-18-6-7-19-10-2-3-11-12(8-10)14-9-15-13(11)16;1-4(2)3/h2-3,8-9H,4-7H2,1H3,(H,14,15,16);1-2H3. The number of rotatable bonds is 7. The molecule has 0 aliphatic rings. The molecule has 2 rings (SSSR count). The van der Waals surface area contributed by atoms with E-state index in [-0.39, 0.29) is 5.56 Å². The maximum atomic E-state index is 11.5. The Bertz CT molecular complexity index is 670. The molecule has 128 valence electrons. The van der Waals surface area contributed by atoms with Crippen molar-refractivity contribution in [2.75, 3.05) is 46.0 Å². The monoisotopic (exact) mass is 342 g/mol. The van der Waals surface area contributed by atoms with Gasteiger partial charge >= 0.3 is 0 Å². The summed E-state index contributed by atoms with van der Waals surface area (Å²) in [5, 5.41) is 0.547. The van der Waals surface area contributed by atoms with Crippen molar-refractivity contribution in [3.63, 3.8) is 0 Å². The molecule has 7 nitrogen and oxygen atoms in total. The maximum absolute atomic E-state index is 11.5. The van der Waals surface area contributed by atoms with Crippen LogP contribution in [0, 0.1) is 0 Å². The van der Waals surface area contributed by atoms with Crippen LogP contribution in [0.3, 0.4) is 0 Å². The zero-order valence-electron chi connectivity index (χ0n) is 13.5. The quantitative estimate of drug-likeness (QED) is 0.754. The van der Waals surface area contributed by atoms with E-state index in [1.54, 1.807) is 37.8 Å². The minimum Gasteiger partial charge on any atom is -0.491 e. The molecule has 0 amide bonds. The molecule has 0 aliphatic carbocycles. The Morgan fingerprint density at radius 2 is 1.87 bits per heavy atom. The van der Waals surface area contributed by atoms with Crippen molar-refractivity contribution in [3.05, 3.63) is 34.9 Å². The summed E-state index contributed by atoms with van der Waals surface area (Å²) < 4.78 is 25.2. The molecule has 1 heterocycles. The first-order chi connectivity index (χ1) is 11.0. The summed E-state index contributed by atoms with van der Waals surface area (Å²) in [6, 6.07) is 5.18. The van der Waals surface area contributed by atoms with Gasteiger partial charge in [0.25, 0.3) is 5.56 Å². The van der Waals surface area contributed by atoms with Crippen molar-refractivity contribution < 1.29 is 18.4 Å². The Labute approximate surface area is 137 Å². The van der Waals surface area contributed by atoms with E-state index in [4.69, 9.17) is 14.2 Å². The highest BCUT2D eigenvalue weighted by atomic mass is 32.2. The molecule has 0 unspecified atom stereocenters. The van der Waals surface area contributed by atoms with Crippen LogP contribution in [-0.4, -0.2) is 60.2 Å². The van der Waals surface area contributed by atoms with E-state index in [1.807, 2.05) is 0 Å². The smallest absolute Gasteiger partial charge is 0.258 e. The Morgan fingerprint density at radius 1 is 1.17 bits per heavy atom. The third-order valence-corrected chi connectivity index (χ3v) is 2.54. The lowest BCUT2D eigenvalue weighted by atomic mass is 10.2. The molecule has 2 aromatic rings. The molecular formula is C15H22N2O5S. The Hall–Kier alpha value is -1.77. The van der Waals surface area contributed by atoms with Gasteiger partial charge in [-0.3, -0.25) is 9.00 Å². The number of hydrogen-bond acceptors (Lipinski definition) is 6. The van der Waals surface area contributed by atoms with E-state index in [0.717, 1.165) is 0 Å². The summed E-state index contributed by atoms with van der Waals surface area (Å²) in [7, 11) is 1.02. The number of benzene rings is 1. The van der Waals surface area contributed by atoms with Crippen molar-refractivity contribution in [1.29, 1.82) is 0 Å². The first-order valence-corrected chi connectivity index (χ1v) is 8.93. The SMILES string of the molecule is COCCOCCOc1ccc2c(=O)[nH]cnc2c1.CS(C)=O. The number of methoxy groups -OCH3 is 1. The topological polar surface area (TPSA) is 90.5 Å². The number of nitrogens with one attached hydrogen (secondary N) is 1. The number of H-pyrrole nitrogens is 1. The number of aromatic amines is 1. The van der Waals surface area contributed by atoms with E-state index in [1.165, 1.54) is 6.33 Å². The summed E-state index contributed by atoms with van der Waals surface area (Å²) in [5.41, 5.74) is 0.459. The highest BCUT2D eigenvalue weighted by Gasteiger charge is 2.01. The van der Waals surface area contributed by atoms with E-state index < -0.39 is 10.8 Å². The van der Waals surface area contributed by atoms with Crippen LogP contribution in [0.2, 0.25) is 0 Å². The number of fused-ring (bicyclic) bond motifs is 1. The third kappa shape index (κ3) is 7.87. The van der Waals surface area contributed by atoms with Gasteiger partial charge < -0.3 is 19.2 Å². The molecule has 8 heteroatoms. The normalized spacial score (nSPS) is 10.4. The fourth-order valence-electron chi connectivity index (χ4n) is 1.60. The predicted octanol–water partition coefficient (Wildman–Crippen LogP) is 0.960. The van der Waals surface area contributed by atoms with Crippen molar-refractivity contribution in [1.82, 2.24) is 9.97 Å². The molecule has 0 atom stereocenters. The van der Waals surface area contributed by atoms with E-state index in [9.17, 15) is 9.00 Å². The van der Waals surface area contributed by atoms with Gasteiger partial charge in [0.1, 0.15) is 12.4 Å². The first-order valence-electron chi connectivity index (χ1n) is 6.96. The molecule has 0 radical (unpaired) electrons. The van der Waals surface area contributed by atoms with Crippen molar-refractivity contribution in [2.24, 2.45) is 0 Å². The number of ether oxygens (including phenoxy) is 3. The molecule has 1 aromatic carbocycles. The molecule has 0 saturated carbocycles. The number of aromatic nitrogens is 2. The maximum Gasteiger partial charge on any atom is 0.258 e. The molecule has 0 aliphatic heterocycles. The minimum atomic E-state index is -0.611. The second kappa shape index (κ2) is 10.9. The van der Waals surface area contributed by atoms with Crippen molar-refractivity contribution >= 4 is 21.7 Å². The lowest BCUT2D eigenvalue weighted by Gasteiger charge is -2.07. The van der Waals surface area contributed by atoms with Crippen LogP contribution in [0.5, 0.6) is 5.75 Å². The zero-order chi connectivity index (χ0) is 17.1. The lowest BCUT2D eigenvalue weighted by molar-refractivity contribution is 0.0544. The van der Waals surface area contributed by atoms with Crippen LogP contribution in [-0.2, 0) is 20.3 Å². The highest BCUT2D eigenvalue weighted by molar-refractivity contribution is 7.83. The Balaban J connectivity index is 0.000000593. The van der Waals surface area contributed by atoms with Crippen LogP contribution in [0.15, 0.2) is 29.3 Å². The third-order valence-electron chi connectivity index (χ3n) is 2.54. The van der Waals surface area contributed by atoms with Gasteiger partial charge in [-0.15, -0.1) is 0 Å². The Morgan fingerprint density at radius 3 is 2.57 bits per heavy atom. The summed E-state index contributed by atoms with van der Waals surface area (Å²) in [6.45, 7) is 2.06. The van der Waals surface area contributed by atoms with Crippen molar-refractivity contribution in [3.8, 4) is 5.75 Å². The fraction of sp³-hybridized carbons (Fsp3) is 0.467. The van der Waals surface area contributed by atoms with Gasteiger partial charge in [0.15, 0.2) is 0 Å². The summed E-state index contributed by atoms with van der Waals surface area (Å²) >= 11 is 0. The second-order valence-electron chi connectivity index (χ2n) is 4.61. The van der Waals surface area contributed by atoms with Gasteiger partial charge in [0.2, 0.25) is 0 Å². The van der Waals surface area contributed by atoms with E-state index in [2.05, 4.69) is 9.97 Å². The fourth-order valence-corrected chi connectivity index (χ4v) is 1.60. The number of hydrogen-bond donors (Lipinski definition) is 1. The largest absolute Gasteiger partial charge is 0.491 e. The first kappa shape index (κ1) is 19.3. The molecule has 0 fully saturated rings. The molecule has 1 aromatic heterocycles. The van der Waals surface area contributed by atoms with Crippen LogP contribution >= 0.6 is 0 Å². The van der Waals surface area contributed by atoms with E-state index >= 15 is 0 Å². The zero-order valence-corrected chi connectivity index (χ0v) is 14.4. The molecule has 23 heavy (non-hydrogen) atoms. The average Bonchev–Trinajstić information content (AvgIpc) is 2.50. The summed E-state index contributed by atoms with van der Waals surface area (Å²) in [6.07, 6.45) is 4.66. The van der Waals surface area contributed by atoms with Gasteiger partial charge in [0, 0.05) is 36.5 Å². The molecular weight excluding hydrogens is 320 g/mol. The predicted molar refractivity (Wildman–Crippen MR) is 90.5 cm³/mol. The second-order valence-corrected chi connectivity index (χ2v) is 6.09. The van der Waals surface area contributed by atoms with Gasteiger partial charge in [-0.1, -0.05) is 0 Å². The summed E-state index contributed by atoms with van der Waals surface area (Å²) in [4.78, 5) is 18.1. The van der Waals surface area contributed by atoms with Gasteiger partial charge in [0.05, 0.1) is 37.1 Å². The molecule has 0 bridgehead atoms. The van der Waals surface area contributed by atoms with E-state index in [0.29, 0.717) is 43.1 Å². The summed E-state index contributed by atoms with van der Waals surface area (Å²) in [5.74, 6) is 0.668. The van der Waals surface area contributed by atoms with Gasteiger partial charge in [-0.2, -0.15) is 0 Å². The van der Waals surface area contributed by atoms with Crippen LogP contribution in [0.25, 0.3) is 10.9 Å². The van der Waals surface area contributed by atoms with Gasteiger partial charge in [-0.05, 0) is 12.1 Å². The van der Waals surface area contributed by atoms with Crippen LogP contribution < -0.4 is 10.3 Å². The molecule has 0 saturated heterocycles.